The number of ketones is 1. The number of hydrogen-bond donors (Lipinski definition) is 1. The van der Waals surface area contributed by atoms with Gasteiger partial charge in [0.2, 0.25) is 5.91 Å². The molecule has 2 saturated heterocycles. The van der Waals surface area contributed by atoms with E-state index < -0.39 is 11.8 Å². The molecule has 2 fully saturated rings. The lowest BCUT2D eigenvalue weighted by molar-refractivity contribution is -0.132. The first kappa shape index (κ1) is 20.9. The van der Waals surface area contributed by atoms with Crippen LogP contribution in [0.1, 0.15) is 25.7 Å². The minimum atomic E-state index is -1.36. The molecule has 0 saturated carbocycles. The van der Waals surface area contributed by atoms with E-state index in [4.69, 9.17) is 0 Å². The standard InChI is InChI=1S/C24H26N4O3/c25-16-20(23(30)26-21-9-5-7-17-6-1-2-8-19(17)21)22(29)18-10-14-28(15-11-18)24(31)27-12-3-4-13-27/h1-2,5-9,18,20H,3-4,10-15H2,(H,26,30). The molecular weight excluding hydrogens is 392 g/mol. The highest BCUT2D eigenvalue weighted by atomic mass is 16.2. The molecule has 0 aliphatic carbocycles. The number of benzene rings is 2. The molecule has 31 heavy (non-hydrogen) atoms. The Morgan fingerprint density at radius 2 is 1.58 bits per heavy atom. The first-order chi connectivity index (χ1) is 15.1. The molecule has 160 valence electrons. The predicted molar refractivity (Wildman–Crippen MR) is 117 cm³/mol. The second-order valence-electron chi connectivity index (χ2n) is 8.22. The third-order valence-electron chi connectivity index (χ3n) is 6.27. The topological polar surface area (TPSA) is 93.5 Å². The zero-order valence-corrected chi connectivity index (χ0v) is 17.4. The number of rotatable bonds is 4. The van der Waals surface area contributed by atoms with Crippen LogP contribution >= 0.6 is 0 Å². The van der Waals surface area contributed by atoms with Gasteiger partial charge in [-0.3, -0.25) is 9.59 Å². The molecule has 2 aromatic carbocycles. The van der Waals surface area contributed by atoms with E-state index in [0.717, 1.165) is 36.7 Å². The molecular formula is C24H26N4O3. The van der Waals surface area contributed by atoms with E-state index in [1.165, 1.54) is 0 Å². The quantitative estimate of drug-likeness (QED) is 0.770. The lowest BCUT2D eigenvalue weighted by atomic mass is 9.86. The number of nitrogens with one attached hydrogen (secondary N) is 1. The number of nitriles is 1. The molecule has 0 spiro atoms. The van der Waals surface area contributed by atoms with Crippen molar-refractivity contribution >= 4 is 34.2 Å². The first-order valence-electron chi connectivity index (χ1n) is 10.8. The maximum absolute atomic E-state index is 13.0. The number of anilines is 1. The Bertz CT molecular complexity index is 1030. The van der Waals surface area contributed by atoms with Crippen molar-refractivity contribution in [2.45, 2.75) is 25.7 Å². The number of hydrogen-bond acceptors (Lipinski definition) is 4. The predicted octanol–water partition coefficient (Wildman–Crippen LogP) is 3.41. The number of carbonyl (C=O) groups is 3. The molecule has 0 radical (unpaired) electrons. The monoisotopic (exact) mass is 418 g/mol. The summed E-state index contributed by atoms with van der Waals surface area (Å²) in [5, 5.41) is 14.2. The van der Waals surface area contributed by atoms with Crippen LogP contribution in [0, 0.1) is 23.2 Å². The summed E-state index contributed by atoms with van der Waals surface area (Å²) in [4.78, 5) is 41.9. The van der Waals surface area contributed by atoms with Crippen molar-refractivity contribution in [3.8, 4) is 6.07 Å². The van der Waals surface area contributed by atoms with E-state index in [2.05, 4.69) is 5.32 Å². The molecule has 1 atom stereocenters. The largest absolute Gasteiger partial charge is 0.325 e. The zero-order valence-electron chi connectivity index (χ0n) is 17.4. The van der Waals surface area contributed by atoms with Crippen LogP contribution in [-0.2, 0) is 9.59 Å². The fourth-order valence-electron chi connectivity index (χ4n) is 4.49. The minimum absolute atomic E-state index is 0.0360. The van der Waals surface area contributed by atoms with Crippen LogP contribution in [0.3, 0.4) is 0 Å². The average molecular weight is 418 g/mol. The fraction of sp³-hybridized carbons (Fsp3) is 0.417. The lowest BCUT2D eigenvalue weighted by Crippen LogP contribution is -2.47. The van der Waals surface area contributed by atoms with Crippen LogP contribution in [0.5, 0.6) is 0 Å². The molecule has 0 bridgehead atoms. The van der Waals surface area contributed by atoms with Gasteiger partial charge in [-0.2, -0.15) is 5.26 Å². The van der Waals surface area contributed by atoms with Gasteiger partial charge in [-0.1, -0.05) is 36.4 Å². The maximum Gasteiger partial charge on any atom is 0.319 e. The van der Waals surface area contributed by atoms with E-state index in [0.29, 0.717) is 31.6 Å². The Labute approximate surface area is 181 Å². The Morgan fingerprint density at radius 1 is 0.935 bits per heavy atom. The molecule has 1 N–H and O–H groups in total. The third kappa shape index (κ3) is 4.38. The summed E-state index contributed by atoms with van der Waals surface area (Å²) < 4.78 is 0. The smallest absolute Gasteiger partial charge is 0.319 e. The van der Waals surface area contributed by atoms with Gasteiger partial charge in [-0.15, -0.1) is 0 Å². The summed E-state index contributed by atoms with van der Waals surface area (Å²) in [7, 11) is 0. The molecule has 2 heterocycles. The van der Waals surface area contributed by atoms with Gasteiger partial charge in [0.25, 0.3) is 0 Å². The summed E-state index contributed by atoms with van der Waals surface area (Å²) in [5.41, 5.74) is 0.585. The summed E-state index contributed by atoms with van der Waals surface area (Å²) in [6.07, 6.45) is 3.04. The summed E-state index contributed by atoms with van der Waals surface area (Å²) in [6, 6.07) is 15.1. The van der Waals surface area contributed by atoms with Crippen molar-refractivity contribution in [2.24, 2.45) is 11.8 Å². The second-order valence-corrected chi connectivity index (χ2v) is 8.22. The van der Waals surface area contributed by atoms with Gasteiger partial charge >= 0.3 is 6.03 Å². The van der Waals surface area contributed by atoms with Crippen LogP contribution in [-0.4, -0.2) is 53.7 Å². The van der Waals surface area contributed by atoms with Crippen LogP contribution in [0.15, 0.2) is 42.5 Å². The number of fused-ring (bicyclic) bond motifs is 1. The number of amides is 3. The van der Waals surface area contributed by atoms with E-state index in [-0.39, 0.29) is 17.7 Å². The lowest BCUT2D eigenvalue weighted by Gasteiger charge is -2.34. The SMILES string of the molecule is N#CC(C(=O)Nc1cccc2ccccc12)C(=O)C1CCN(C(=O)N2CCCC2)CC1. The molecule has 0 aromatic heterocycles. The molecule has 2 aromatic rings. The fourth-order valence-corrected chi connectivity index (χ4v) is 4.49. The van der Waals surface area contributed by atoms with Gasteiger partial charge in [-0.25, -0.2) is 4.79 Å². The summed E-state index contributed by atoms with van der Waals surface area (Å²) in [6.45, 7) is 2.55. The molecule has 1 unspecified atom stereocenters. The third-order valence-corrected chi connectivity index (χ3v) is 6.27. The van der Waals surface area contributed by atoms with Gasteiger partial charge in [0.15, 0.2) is 11.7 Å². The number of carbonyl (C=O) groups excluding carboxylic acids is 3. The van der Waals surface area contributed by atoms with E-state index >= 15 is 0 Å². The number of nitrogens with zero attached hydrogens (tertiary/aromatic N) is 3. The Kier molecular flexibility index (Phi) is 6.17. The highest BCUT2D eigenvalue weighted by Gasteiger charge is 2.36. The van der Waals surface area contributed by atoms with Gasteiger partial charge in [0.1, 0.15) is 0 Å². The molecule has 3 amide bonds. The molecule has 2 aliphatic heterocycles. The zero-order chi connectivity index (χ0) is 21.8. The van der Waals surface area contributed by atoms with Gasteiger partial charge in [0.05, 0.1) is 6.07 Å². The normalized spacial score (nSPS) is 17.9. The molecule has 2 aliphatic rings. The molecule has 4 rings (SSSR count). The van der Waals surface area contributed by atoms with E-state index in [1.54, 1.807) is 11.0 Å². The Hall–Kier alpha value is -3.40. The minimum Gasteiger partial charge on any atom is -0.325 e. The van der Waals surface area contributed by atoms with Crippen LogP contribution in [0.25, 0.3) is 10.8 Å². The number of piperidine rings is 1. The highest BCUT2D eigenvalue weighted by molar-refractivity contribution is 6.12. The van der Waals surface area contributed by atoms with Crippen molar-refractivity contribution in [3.05, 3.63) is 42.5 Å². The van der Waals surface area contributed by atoms with E-state index in [1.807, 2.05) is 47.4 Å². The van der Waals surface area contributed by atoms with Crippen molar-refractivity contribution in [3.63, 3.8) is 0 Å². The Morgan fingerprint density at radius 3 is 2.29 bits per heavy atom. The highest BCUT2D eigenvalue weighted by Crippen LogP contribution is 2.26. The number of likely N-dealkylation sites (tertiary alicyclic amines) is 2. The van der Waals surface area contributed by atoms with E-state index in [9.17, 15) is 19.6 Å². The van der Waals surface area contributed by atoms with Crippen LogP contribution in [0.2, 0.25) is 0 Å². The van der Waals surface area contributed by atoms with Gasteiger partial charge in [-0.05, 0) is 37.1 Å². The maximum atomic E-state index is 13.0. The number of urea groups is 1. The van der Waals surface area contributed by atoms with Crippen molar-refractivity contribution < 1.29 is 14.4 Å². The second kappa shape index (κ2) is 9.17. The van der Waals surface area contributed by atoms with Crippen molar-refractivity contribution in [1.29, 1.82) is 5.26 Å². The molecule has 7 nitrogen and oxygen atoms in total. The first-order valence-corrected chi connectivity index (χ1v) is 10.8. The number of Topliss-reactive ketones (excluding diaryl/α,β-unsaturated/α-hetero) is 1. The van der Waals surface area contributed by atoms with Crippen molar-refractivity contribution in [2.75, 3.05) is 31.5 Å². The van der Waals surface area contributed by atoms with Crippen LogP contribution < -0.4 is 5.32 Å². The Balaban J connectivity index is 1.38. The van der Waals surface area contributed by atoms with Crippen molar-refractivity contribution in [1.82, 2.24) is 9.80 Å². The van der Waals surface area contributed by atoms with Gasteiger partial charge < -0.3 is 15.1 Å². The van der Waals surface area contributed by atoms with Crippen LogP contribution in [0.4, 0.5) is 10.5 Å². The average Bonchev–Trinajstić information content (AvgIpc) is 3.34. The summed E-state index contributed by atoms with van der Waals surface area (Å²) >= 11 is 0. The summed E-state index contributed by atoms with van der Waals surface area (Å²) in [5.74, 6) is -2.69. The van der Waals surface area contributed by atoms with Gasteiger partial charge in [0, 0.05) is 43.2 Å². The molecule has 7 heteroatoms.